The third-order valence-corrected chi connectivity index (χ3v) is 5.76. The van der Waals surface area contributed by atoms with Gasteiger partial charge in [-0.2, -0.15) is 0 Å². The predicted molar refractivity (Wildman–Crippen MR) is 99.7 cm³/mol. The van der Waals surface area contributed by atoms with Gasteiger partial charge in [0, 0.05) is 35.8 Å². The first-order valence-corrected chi connectivity index (χ1v) is 9.51. The summed E-state index contributed by atoms with van der Waals surface area (Å²) >= 11 is 1.54. The van der Waals surface area contributed by atoms with E-state index in [2.05, 4.69) is 10.3 Å². The third kappa shape index (κ3) is 4.07. The highest BCUT2D eigenvalue weighted by Crippen LogP contribution is 2.27. The molecule has 1 unspecified atom stereocenters. The highest BCUT2D eigenvalue weighted by molar-refractivity contribution is 7.09. The molecule has 0 spiro atoms. The van der Waals surface area contributed by atoms with Gasteiger partial charge in [-0.3, -0.25) is 9.59 Å². The summed E-state index contributed by atoms with van der Waals surface area (Å²) in [5, 5.41) is 5.77. The van der Waals surface area contributed by atoms with Crippen molar-refractivity contribution in [3.05, 3.63) is 46.4 Å². The van der Waals surface area contributed by atoms with Crippen LogP contribution in [-0.2, 0) is 4.79 Å². The van der Waals surface area contributed by atoms with Crippen LogP contribution in [0, 0.1) is 5.92 Å². The van der Waals surface area contributed by atoms with E-state index >= 15 is 0 Å². The second-order valence-corrected chi connectivity index (χ2v) is 7.44. The molecule has 25 heavy (non-hydrogen) atoms. The number of hydrogen-bond acceptors (Lipinski definition) is 4. The molecule has 1 aromatic carbocycles. The number of anilines is 1. The summed E-state index contributed by atoms with van der Waals surface area (Å²) in [4.78, 5) is 31.0. The number of carbonyl (C=O) groups is 2. The fraction of sp³-hybridized carbons (Fsp3) is 0.421. The summed E-state index contributed by atoms with van der Waals surface area (Å²) in [5.74, 6) is 0.0817. The van der Waals surface area contributed by atoms with E-state index in [1.807, 2.05) is 18.4 Å². The van der Waals surface area contributed by atoms with Crippen LogP contribution in [0.25, 0.3) is 0 Å². The highest BCUT2D eigenvalue weighted by atomic mass is 32.1. The monoisotopic (exact) mass is 357 g/mol. The molecule has 0 saturated heterocycles. The molecule has 2 aromatic rings. The van der Waals surface area contributed by atoms with E-state index in [-0.39, 0.29) is 23.8 Å². The molecule has 1 aliphatic rings. The standard InChI is InChI=1S/C19H23N3O2S/c1-13(18-20-10-11-25-18)22(2)19(24)15-8-5-9-16(12-15)21-17(23)14-6-3-4-7-14/h5,8-14H,3-4,6-7H2,1-2H3,(H,21,23). The smallest absolute Gasteiger partial charge is 0.254 e. The molecule has 5 nitrogen and oxygen atoms in total. The number of benzene rings is 1. The van der Waals surface area contributed by atoms with Gasteiger partial charge >= 0.3 is 0 Å². The van der Waals surface area contributed by atoms with Crippen molar-refractivity contribution >= 4 is 28.8 Å². The molecule has 0 bridgehead atoms. The van der Waals surface area contributed by atoms with Crippen LogP contribution in [0.3, 0.4) is 0 Å². The Balaban J connectivity index is 1.69. The van der Waals surface area contributed by atoms with Crippen LogP contribution in [0.2, 0.25) is 0 Å². The average molecular weight is 357 g/mol. The lowest BCUT2D eigenvalue weighted by molar-refractivity contribution is -0.119. The van der Waals surface area contributed by atoms with E-state index in [4.69, 9.17) is 0 Å². The van der Waals surface area contributed by atoms with E-state index in [0.29, 0.717) is 11.3 Å². The lowest BCUT2D eigenvalue weighted by Gasteiger charge is -2.23. The van der Waals surface area contributed by atoms with Crippen molar-refractivity contribution in [1.29, 1.82) is 0 Å². The molecule has 132 valence electrons. The summed E-state index contributed by atoms with van der Waals surface area (Å²) in [6, 6.07) is 7.07. The molecule has 1 saturated carbocycles. The Morgan fingerprint density at radius 1 is 1.32 bits per heavy atom. The molecule has 0 radical (unpaired) electrons. The third-order valence-electron chi connectivity index (χ3n) is 4.81. The van der Waals surface area contributed by atoms with E-state index in [0.717, 1.165) is 30.7 Å². The Labute approximate surface area is 152 Å². The molecular formula is C19H23N3O2S. The number of rotatable bonds is 5. The van der Waals surface area contributed by atoms with Crippen LogP contribution >= 0.6 is 11.3 Å². The van der Waals surface area contributed by atoms with Crippen LogP contribution < -0.4 is 5.32 Å². The van der Waals surface area contributed by atoms with Gasteiger partial charge in [0.25, 0.3) is 5.91 Å². The molecule has 1 aromatic heterocycles. The van der Waals surface area contributed by atoms with Crippen molar-refractivity contribution in [2.45, 2.75) is 38.6 Å². The van der Waals surface area contributed by atoms with Gasteiger partial charge in [0.05, 0.1) is 6.04 Å². The lowest BCUT2D eigenvalue weighted by Crippen LogP contribution is -2.29. The minimum absolute atomic E-state index is 0.0617. The predicted octanol–water partition coefficient (Wildman–Crippen LogP) is 4.11. The van der Waals surface area contributed by atoms with Gasteiger partial charge < -0.3 is 10.2 Å². The number of hydrogen-bond donors (Lipinski definition) is 1. The first kappa shape index (κ1) is 17.6. The van der Waals surface area contributed by atoms with Gasteiger partial charge in [0.1, 0.15) is 5.01 Å². The largest absolute Gasteiger partial charge is 0.333 e. The van der Waals surface area contributed by atoms with Gasteiger partial charge in [-0.15, -0.1) is 11.3 Å². The quantitative estimate of drug-likeness (QED) is 0.876. The van der Waals surface area contributed by atoms with Gasteiger partial charge in [-0.1, -0.05) is 18.9 Å². The van der Waals surface area contributed by atoms with E-state index < -0.39 is 0 Å². The minimum Gasteiger partial charge on any atom is -0.333 e. The fourth-order valence-corrected chi connectivity index (χ4v) is 3.89. The maximum Gasteiger partial charge on any atom is 0.254 e. The first-order chi connectivity index (χ1) is 12.1. The van der Waals surface area contributed by atoms with Crippen LogP contribution in [0.4, 0.5) is 5.69 Å². The zero-order valence-electron chi connectivity index (χ0n) is 14.6. The number of aromatic nitrogens is 1. The number of thiazole rings is 1. The molecule has 1 aliphatic carbocycles. The van der Waals surface area contributed by atoms with Crippen molar-refractivity contribution in [2.75, 3.05) is 12.4 Å². The Kier molecular flexibility index (Phi) is 5.48. The van der Waals surface area contributed by atoms with Gasteiger partial charge in [-0.25, -0.2) is 4.98 Å². The molecule has 6 heteroatoms. The molecule has 1 N–H and O–H groups in total. The van der Waals surface area contributed by atoms with E-state index in [9.17, 15) is 9.59 Å². The SMILES string of the molecule is CC(c1nccs1)N(C)C(=O)c1cccc(NC(=O)C2CCCC2)c1. The second-order valence-electron chi connectivity index (χ2n) is 6.51. The number of carbonyl (C=O) groups excluding carboxylic acids is 2. The van der Waals surface area contributed by atoms with Crippen LogP contribution in [0.15, 0.2) is 35.8 Å². The molecule has 1 heterocycles. The molecule has 1 atom stereocenters. The van der Waals surface area contributed by atoms with Crippen molar-refractivity contribution in [3.8, 4) is 0 Å². The van der Waals surface area contributed by atoms with Crippen LogP contribution in [-0.4, -0.2) is 28.7 Å². The maximum absolute atomic E-state index is 12.8. The Morgan fingerprint density at radius 2 is 2.08 bits per heavy atom. The topological polar surface area (TPSA) is 62.3 Å². The van der Waals surface area contributed by atoms with Crippen molar-refractivity contribution in [1.82, 2.24) is 9.88 Å². The lowest BCUT2D eigenvalue weighted by atomic mass is 10.1. The minimum atomic E-state index is -0.0933. The van der Waals surface area contributed by atoms with Crippen molar-refractivity contribution < 1.29 is 9.59 Å². The van der Waals surface area contributed by atoms with Crippen molar-refractivity contribution in [2.24, 2.45) is 5.92 Å². The first-order valence-electron chi connectivity index (χ1n) is 8.63. The van der Waals surface area contributed by atoms with Crippen molar-refractivity contribution in [3.63, 3.8) is 0 Å². The summed E-state index contributed by atoms with van der Waals surface area (Å²) in [6.07, 6.45) is 5.90. The van der Waals surface area contributed by atoms with Gasteiger partial charge in [-0.05, 0) is 38.0 Å². The number of nitrogens with one attached hydrogen (secondary N) is 1. The second kappa shape index (κ2) is 7.78. The zero-order chi connectivity index (χ0) is 17.8. The summed E-state index contributed by atoms with van der Waals surface area (Å²) in [7, 11) is 1.78. The molecule has 2 amide bonds. The van der Waals surface area contributed by atoms with Crippen LogP contribution in [0.1, 0.15) is 54.0 Å². The van der Waals surface area contributed by atoms with E-state index in [1.165, 1.54) is 11.3 Å². The Morgan fingerprint density at radius 3 is 2.76 bits per heavy atom. The fourth-order valence-electron chi connectivity index (χ4n) is 3.15. The van der Waals surface area contributed by atoms with Crippen LogP contribution in [0.5, 0.6) is 0 Å². The molecular weight excluding hydrogens is 334 g/mol. The highest BCUT2D eigenvalue weighted by Gasteiger charge is 2.24. The summed E-state index contributed by atoms with van der Waals surface area (Å²) < 4.78 is 0. The zero-order valence-corrected chi connectivity index (χ0v) is 15.4. The number of nitrogens with zero attached hydrogens (tertiary/aromatic N) is 2. The number of amides is 2. The molecule has 1 fully saturated rings. The Hall–Kier alpha value is -2.21. The normalized spacial score (nSPS) is 15.8. The Bertz CT molecular complexity index is 739. The summed E-state index contributed by atoms with van der Waals surface area (Å²) in [5.41, 5.74) is 1.24. The van der Waals surface area contributed by atoms with E-state index in [1.54, 1.807) is 36.3 Å². The molecule has 0 aliphatic heterocycles. The molecule has 3 rings (SSSR count). The average Bonchev–Trinajstić information content (AvgIpc) is 3.33. The summed E-state index contributed by atoms with van der Waals surface area (Å²) in [6.45, 7) is 1.96. The van der Waals surface area contributed by atoms with Gasteiger partial charge in [0.2, 0.25) is 5.91 Å². The van der Waals surface area contributed by atoms with Gasteiger partial charge in [0.15, 0.2) is 0 Å². The maximum atomic E-state index is 12.8.